The maximum absolute atomic E-state index is 11.6. The zero-order valence-corrected chi connectivity index (χ0v) is 10.6. The number of carboxylic acids is 1. The van der Waals surface area contributed by atoms with Crippen LogP contribution in [0.5, 0.6) is 0 Å². The van der Waals surface area contributed by atoms with Crippen molar-refractivity contribution in [3.8, 4) is 0 Å². The predicted molar refractivity (Wildman–Crippen MR) is 58.6 cm³/mol. The van der Waals surface area contributed by atoms with E-state index in [9.17, 15) is 13.2 Å². The third-order valence-electron chi connectivity index (χ3n) is 1.96. The van der Waals surface area contributed by atoms with Crippen molar-refractivity contribution in [1.29, 1.82) is 0 Å². The maximum atomic E-state index is 11.6. The van der Waals surface area contributed by atoms with E-state index >= 15 is 0 Å². The molecule has 0 aliphatic heterocycles. The second kappa shape index (κ2) is 6.82. The van der Waals surface area contributed by atoms with E-state index in [-0.39, 0.29) is 36.7 Å². The van der Waals surface area contributed by atoms with Gasteiger partial charge < -0.3 is 5.11 Å². The van der Waals surface area contributed by atoms with Crippen molar-refractivity contribution in [1.82, 2.24) is 4.72 Å². The van der Waals surface area contributed by atoms with Gasteiger partial charge in [0.05, 0.1) is 11.3 Å². The molecule has 88 valence electrons. The van der Waals surface area contributed by atoms with E-state index in [2.05, 4.69) is 4.72 Å². The van der Waals surface area contributed by atoms with Gasteiger partial charge >= 0.3 is 24.8 Å². The molecule has 0 aliphatic carbocycles. The van der Waals surface area contributed by atoms with E-state index < -0.39 is 16.0 Å². The standard InChI is InChI=1S/C10H13NO4S.Li/c1-8-2-4-9(5-3-8)16(14,15)11-7-6-10(12)13;/h2-5,11H,6-7H2,1H3,(H,12,13);/q;+1. The zero-order valence-electron chi connectivity index (χ0n) is 9.80. The van der Waals surface area contributed by atoms with E-state index in [0.29, 0.717) is 0 Å². The van der Waals surface area contributed by atoms with Gasteiger partial charge in [0.1, 0.15) is 0 Å². The van der Waals surface area contributed by atoms with Crippen molar-refractivity contribution in [2.24, 2.45) is 0 Å². The van der Waals surface area contributed by atoms with Gasteiger partial charge in [0.15, 0.2) is 0 Å². The summed E-state index contributed by atoms with van der Waals surface area (Å²) in [5, 5.41) is 8.38. The summed E-state index contributed by atoms with van der Waals surface area (Å²) >= 11 is 0. The van der Waals surface area contributed by atoms with Crippen LogP contribution in [0.25, 0.3) is 0 Å². The van der Waals surface area contributed by atoms with Gasteiger partial charge in [0.25, 0.3) is 0 Å². The van der Waals surface area contributed by atoms with Crippen LogP contribution < -0.4 is 23.6 Å². The van der Waals surface area contributed by atoms with Gasteiger partial charge in [-0.1, -0.05) is 17.7 Å². The number of sulfonamides is 1. The van der Waals surface area contributed by atoms with Gasteiger partial charge in [-0.15, -0.1) is 0 Å². The molecule has 2 N–H and O–H groups in total. The molecular formula is C10H13LiNO4S+. The Morgan fingerprint density at radius 2 is 1.82 bits per heavy atom. The first-order chi connectivity index (χ1) is 7.42. The molecule has 0 radical (unpaired) electrons. The number of aliphatic carboxylic acids is 1. The van der Waals surface area contributed by atoms with Crippen molar-refractivity contribution in [2.75, 3.05) is 6.54 Å². The first kappa shape index (κ1) is 16.2. The van der Waals surface area contributed by atoms with Crippen molar-refractivity contribution in [3.05, 3.63) is 29.8 Å². The van der Waals surface area contributed by atoms with Gasteiger partial charge in [0.2, 0.25) is 10.0 Å². The van der Waals surface area contributed by atoms with Crippen LogP contribution in [-0.2, 0) is 14.8 Å². The van der Waals surface area contributed by atoms with Crippen LogP contribution in [0.4, 0.5) is 0 Å². The molecule has 17 heavy (non-hydrogen) atoms. The van der Waals surface area contributed by atoms with Crippen LogP contribution in [-0.4, -0.2) is 26.0 Å². The number of rotatable bonds is 5. The van der Waals surface area contributed by atoms with E-state index in [1.807, 2.05) is 6.92 Å². The Kier molecular flexibility index (Phi) is 6.50. The first-order valence-electron chi connectivity index (χ1n) is 4.70. The second-order valence-corrected chi connectivity index (χ2v) is 5.12. The fraction of sp³-hybridized carbons (Fsp3) is 0.300. The number of aryl methyl sites for hydroxylation is 1. The van der Waals surface area contributed by atoms with Gasteiger partial charge in [-0.2, -0.15) is 0 Å². The first-order valence-corrected chi connectivity index (χ1v) is 6.18. The Morgan fingerprint density at radius 1 is 1.29 bits per heavy atom. The molecule has 0 unspecified atom stereocenters. The summed E-state index contributed by atoms with van der Waals surface area (Å²) in [6.45, 7) is 1.75. The minimum absolute atomic E-state index is 0. The summed E-state index contributed by atoms with van der Waals surface area (Å²) in [7, 11) is -3.59. The Hall–Kier alpha value is -0.803. The molecule has 5 nitrogen and oxygen atoms in total. The van der Waals surface area contributed by atoms with Crippen LogP contribution in [0.1, 0.15) is 12.0 Å². The van der Waals surface area contributed by atoms with Crippen LogP contribution >= 0.6 is 0 Å². The van der Waals surface area contributed by atoms with Crippen molar-refractivity contribution < 1.29 is 37.2 Å². The number of benzene rings is 1. The summed E-state index contributed by atoms with van der Waals surface area (Å²) in [5.41, 5.74) is 0.962. The van der Waals surface area contributed by atoms with Crippen molar-refractivity contribution >= 4 is 16.0 Å². The Balaban J connectivity index is 0.00000256. The Morgan fingerprint density at radius 3 is 2.29 bits per heavy atom. The Labute approximate surface area is 112 Å². The monoisotopic (exact) mass is 250 g/mol. The quantitative estimate of drug-likeness (QED) is 0.578. The van der Waals surface area contributed by atoms with Crippen LogP contribution in [0.2, 0.25) is 0 Å². The molecule has 1 aromatic carbocycles. The number of carbonyl (C=O) groups is 1. The van der Waals surface area contributed by atoms with Gasteiger partial charge in [0, 0.05) is 6.54 Å². The molecule has 0 atom stereocenters. The number of hydrogen-bond donors (Lipinski definition) is 2. The summed E-state index contributed by atoms with van der Waals surface area (Å²) in [4.78, 5) is 10.4. The van der Waals surface area contributed by atoms with Gasteiger partial charge in [-0.05, 0) is 19.1 Å². The molecule has 0 saturated heterocycles. The molecule has 7 heteroatoms. The minimum Gasteiger partial charge on any atom is -0.481 e. The fourth-order valence-corrected chi connectivity index (χ4v) is 2.12. The van der Waals surface area contributed by atoms with Gasteiger partial charge in [-0.25, -0.2) is 13.1 Å². The summed E-state index contributed by atoms with van der Waals surface area (Å²) < 4.78 is 25.5. The molecular weight excluding hydrogens is 237 g/mol. The molecule has 1 rings (SSSR count). The predicted octanol–water partition coefficient (Wildman–Crippen LogP) is -2.25. The molecule has 0 fully saturated rings. The topological polar surface area (TPSA) is 83.5 Å². The van der Waals surface area contributed by atoms with Crippen molar-refractivity contribution in [2.45, 2.75) is 18.2 Å². The molecule has 0 amide bonds. The molecule has 1 aromatic rings. The molecule has 0 saturated carbocycles. The zero-order chi connectivity index (χ0) is 12.2. The van der Waals surface area contributed by atoms with Crippen LogP contribution in [0.15, 0.2) is 29.2 Å². The molecule has 0 spiro atoms. The Bertz CT molecular complexity index is 470. The molecule has 0 aliphatic rings. The second-order valence-electron chi connectivity index (χ2n) is 3.35. The van der Waals surface area contributed by atoms with Crippen LogP contribution in [0.3, 0.4) is 0 Å². The fourth-order valence-electron chi connectivity index (χ4n) is 1.09. The average molecular weight is 250 g/mol. The number of nitrogens with one attached hydrogen (secondary N) is 1. The third-order valence-corrected chi connectivity index (χ3v) is 3.44. The van der Waals surface area contributed by atoms with E-state index in [1.54, 1.807) is 12.1 Å². The van der Waals surface area contributed by atoms with Crippen molar-refractivity contribution in [3.63, 3.8) is 0 Å². The van der Waals surface area contributed by atoms with Gasteiger partial charge in [-0.3, -0.25) is 4.79 Å². The van der Waals surface area contributed by atoms with E-state index in [4.69, 9.17) is 5.11 Å². The summed E-state index contributed by atoms with van der Waals surface area (Å²) in [6.07, 6.45) is -0.231. The van der Waals surface area contributed by atoms with E-state index in [1.165, 1.54) is 12.1 Å². The number of carboxylic acid groups (broad SMARTS) is 1. The largest absolute Gasteiger partial charge is 1.00 e. The molecule has 0 heterocycles. The summed E-state index contributed by atoms with van der Waals surface area (Å²) in [6, 6.07) is 6.34. The molecule has 0 aromatic heterocycles. The SMILES string of the molecule is Cc1ccc(S(=O)(=O)NCCC(=O)O)cc1.[Li+]. The molecule has 0 bridgehead atoms. The minimum atomic E-state index is -3.59. The average Bonchev–Trinajstić information content (AvgIpc) is 2.17. The smallest absolute Gasteiger partial charge is 0.481 e. The third kappa shape index (κ3) is 5.37. The number of hydrogen-bond acceptors (Lipinski definition) is 3. The van der Waals surface area contributed by atoms with E-state index in [0.717, 1.165) is 5.56 Å². The maximum Gasteiger partial charge on any atom is 1.00 e. The normalized spacial score (nSPS) is 10.6. The van der Waals surface area contributed by atoms with Crippen LogP contribution in [0, 0.1) is 6.92 Å². The summed E-state index contributed by atoms with van der Waals surface area (Å²) in [5.74, 6) is -1.04.